The first-order valence-corrected chi connectivity index (χ1v) is 9.63. The first-order valence-electron chi connectivity index (χ1n) is 8.22. The number of nitrogens with one attached hydrogen (secondary N) is 1. The Balaban J connectivity index is 1.84. The summed E-state index contributed by atoms with van der Waals surface area (Å²) in [6.45, 7) is 0. The molecule has 1 aromatic carbocycles. The summed E-state index contributed by atoms with van der Waals surface area (Å²) in [5.74, 6) is 0.0789. The number of nitro benzene ring substituents is 1. The molecule has 1 aromatic heterocycles. The monoisotopic (exact) mass is 365 g/mol. The van der Waals surface area contributed by atoms with Gasteiger partial charge in [-0.3, -0.25) is 15.2 Å². The van der Waals surface area contributed by atoms with Crippen molar-refractivity contribution in [1.29, 1.82) is 0 Å². The predicted molar refractivity (Wildman–Crippen MR) is 90.0 cm³/mol. The summed E-state index contributed by atoms with van der Waals surface area (Å²) < 4.78 is 30.1. The summed E-state index contributed by atoms with van der Waals surface area (Å²) in [5, 5.41) is 17.6. The van der Waals surface area contributed by atoms with Crippen LogP contribution in [0.15, 0.2) is 29.2 Å². The molecule has 8 nitrogen and oxygen atoms in total. The molecule has 0 fully saturated rings. The molecule has 0 saturated carbocycles. The first-order chi connectivity index (χ1) is 12.0. The Morgan fingerprint density at radius 3 is 2.36 bits per heavy atom. The highest BCUT2D eigenvalue weighted by atomic mass is 32.2. The molecule has 0 aliphatic heterocycles. The number of H-pyrrole nitrogens is 1. The zero-order valence-corrected chi connectivity index (χ0v) is 14.4. The SMILES string of the molecule is O=[N+]([O-])c1ccc(S(=O)(=O)Oc2n[nH]c3c2CCCCCCC3)cc1. The van der Waals surface area contributed by atoms with Crippen LogP contribution in [0, 0.1) is 10.1 Å². The van der Waals surface area contributed by atoms with E-state index in [0.29, 0.717) is 0 Å². The smallest absolute Gasteiger partial charge is 0.340 e. The molecule has 134 valence electrons. The molecule has 1 N–H and O–H groups in total. The van der Waals surface area contributed by atoms with Gasteiger partial charge in [0.25, 0.3) is 11.6 Å². The van der Waals surface area contributed by atoms with Gasteiger partial charge in [-0.1, -0.05) is 19.3 Å². The molecule has 0 saturated heterocycles. The number of nitro groups is 1. The maximum atomic E-state index is 12.4. The van der Waals surface area contributed by atoms with Crippen LogP contribution in [-0.2, 0) is 23.0 Å². The van der Waals surface area contributed by atoms with E-state index < -0.39 is 15.0 Å². The largest absolute Gasteiger partial charge is 0.356 e. The van der Waals surface area contributed by atoms with E-state index in [1.807, 2.05) is 0 Å². The molecular formula is C16H19N3O5S. The van der Waals surface area contributed by atoms with Gasteiger partial charge in [-0.2, -0.15) is 8.42 Å². The number of benzene rings is 1. The Labute approximate surface area is 145 Å². The summed E-state index contributed by atoms with van der Waals surface area (Å²) in [6.07, 6.45) is 6.95. The van der Waals surface area contributed by atoms with Crippen molar-refractivity contribution in [3.8, 4) is 5.88 Å². The van der Waals surface area contributed by atoms with Crippen molar-refractivity contribution in [3.63, 3.8) is 0 Å². The van der Waals surface area contributed by atoms with Gasteiger partial charge in [0.2, 0.25) is 0 Å². The number of fused-ring (bicyclic) bond motifs is 1. The molecule has 1 aliphatic carbocycles. The van der Waals surface area contributed by atoms with Crippen LogP contribution in [0.4, 0.5) is 5.69 Å². The van der Waals surface area contributed by atoms with Gasteiger partial charge in [0.1, 0.15) is 4.90 Å². The standard InChI is InChI=1S/C16H19N3O5S/c20-19(21)12-8-10-13(11-9-12)25(22,23)24-16-14-6-4-2-1-3-5-7-15(14)17-18-16/h8-11H,1-7H2,(H,17,18). The van der Waals surface area contributed by atoms with Crippen LogP contribution in [0.3, 0.4) is 0 Å². The normalized spacial score (nSPS) is 15.5. The highest BCUT2D eigenvalue weighted by molar-refractivity contribution is 7.87. The summed E-state index contributed by atoms with van der Waals surface area (Å²) in [6, 6.07) is 4.59. The Morgan fingerprint density at radius 2 is 1.68 bits per heavy atom. The van der Waals surface area contributed by atoms with E-state index in [1.54, 1.807) is 0 Å². The van der Waals surface area contributed by atoms with Crippen molar-refractivity contribution < 1.29 is 17.5 Å². The molecule has 0 spiro atoms. The average molecular weight is 365 g/mol. The van der Waals surface area contributed by atoms with Gasteiger partial charge in [0.15, 0.2) is 0 Å². The second-order valence-electron chi connectivity index (χ2n) is 6.04. The molecule has 0 radical (unpaired) electrons. The van der Waals surface area contributed by atoms with Crippen LogP contribution in [0.2, 0.25) is 0 Å². The summed E-state index contributed by atoms with van der Waals surface area (Å²) in [5.41, 5.74) is 1.56. The minimum absolute atomic E-state index is 0.0789. The van der Waals surface area contributed by atoms with Gasteiger partial charge in [-0.15, -0.1) is 5.10 Å². The van der Waals surface area contributed by atoms with Gasteiger partial charge in [0.05, 0.1) is 4.92 Å². The minimum Gasteiger partial charge on any atom is -0.356 e. The van der Waals surface area contributed by atoms with E-state index in [2.05, 4.69) is 10.2 Å². The third kappa shape index (κ3) is 3.98. The number of aryl methyl sites for hydroxylation is 1. The fourth-order valence-electron chi connectivity index (χ4n) is 2.94. The molecule has 1 aliphatic rings. The maximum absolute atomic E-state index is 12.4. The second kappa shape index (κ2) is 7.22. The quantitative estimate of drug-likeness (QED) is 0.505. The van der Waals surface area contributed by atoms with Crippen LogP contribution in [0.5, 0.6) is 5.88 Å². The fraction of sp³-hybridized carbons (Fsp3) is 0.438. The molecule has 25 heavy (non-hydrogen) atoms. The Kier molecular flexibility index (Phi) is 5.03. The molecule has 3 rings (SSSR count). The van der Waals surface area contributed by atoms with Gasteiger partial charge in [0, 0.05) is 23.4 Å². The molecule has 0 atom stereocenters. The molecular weight excluding hydrogens is 346 g/mol. The Bertz CT molecular complexity index is 858. The number of hydrogen-bond donors (Lipinski definition) is 1. The lowest BCUT2D eigenvalue weighted by atomic mass is 10.1. The van der Waals surface area contributed by atoms with Gasteiger partial charge in [-0.05, 0) is 37.8 Å². The van der Waals surface area contributed by atoms with Gasteiger partial charge >= 0.3 is 10.1 Å². The van der Waals surface area contributed by atoms with E-state index in [9.17, 15) is 18.5 Å². The third-order valence-electron chi connectivity index (χ3n) is 4.29. The van der Waals surface area contributed by atoms with Crippen molar-refractivity contribution >= 4 is 15.8 Å². The van der Waals surface area contributed by atoms with Crippen molar-refractivity contribution in [2.24, 2.45) is 0 Å². The van der Waals surface area contributed by atoms with Crippen molar-refractivity contribution in [1.82, 2.24) is 10.2 Å². The Morgan fingerprint density at radius 1 is 1.04 bits per heavy atom. The summed E-state index contributed by atoms with van der Waals surface area (Å²) in [4.78, 5) is 9.95. The molecule has 0 unspecified atom stereocenters. The van der Waals surface area contributed by atoms with Crippen molar-refractivity contribution in [2.75, 3.05) is 0 Å². The van der Waals surface area contributed by atoms with Gasteiger partial charge < -0.3 is 4.18 Å². The van der Waals surface area contributed by atoms with Gasteiger partial charge in [-0.25, -0.2) is 0 Å². The first kappa shape index (κ1) is 17.4. The van der Waals surface area contributed by atoms with E-state index in [4.69, 9.17) is 4.18 Å². The van der Waals surface area contributed by atoms with Crippen molar-refractivity contribution in [2.45, 2.75) is 49.8 Å². The Hall–Kier alpha value is -2.42. The van der Waals surface area contributed by atoms with Crippen LogP contribution in [-0.4, -0.2) is 23.5 Å². The number of aromatic nitrogens is 2. The van der Waals surface area contributed by atoms with Crippen LogP contribution >= 0.6 is 0 Å². The molecule has 1 heterocycles. The maximum Gasteiger partial charge on any atom is 0.340 e. The van der Waals surface area contributed by atoms with E-state index in [1.165, 1.54) is 6.42 Å². The molecule has 0 bridgehead atoms. The highest BCUT2D eigenvalue weighted by Crippen LogP contribution is 2.28. The predicted octanol–water partition coefficient (Wildman–Crippen LogP) is 3.13. The van der Waals surface area contributed by atoms with Crippen molar-refractivity contribution in [3.05, 3.63) is 45.6 Å². The number of hydrogen-bond acceptors (Lipinski definition) is 6. The molecule has 9 heteroatoms. The number of rotatable bonds is 4. The number of non-ortho nitro benzene ring substituents is 1. The van der Waals surface area contributed by atoms with Crippen LogP contribution in [0.25, 0.3) is 0 Å². The van der Waals surface area contributed by atoms with Crippen LogP contribution < -0.4 is 4.18 Å². The van der Waals surface area contributed by atoms with E-state index in [0.717, 1.165) is 74.0 Å². The minimum atomic E-state index is -4.09. The highest BCUT2D eigenvalue weighted by Gasteiger charge is 2.23. The zero-order valence-electron chi connectivity index (χ0n) is 13.6. The summed E-state index contributed by atoms with van der Waals surface area (Å²) in [7, 11) is -4.09. The molecule has 0 amide bonds. The lowest BCUT2D eigenvalue weighted by molar-refractivity contribution is -0.384. The van der Waals surface area contributed by atoms with E-state index in [-0.39, 0.29) is 16.5 Å². The lowest BCUT2D eigenvalue weighted by Crippen LogP contribution is -2.11. The fourth-order valence-corrected chi connectivity index (χ4v) is 3.85. The second-order valence-corrected chi connectivity index (χ2v) is 7.59. The summed E-state index contributed by atoms with van der Waals surface area (Å²) >= 11 is 0. The average Bonchev–Trinajstić information content (AvgIpc) is 2.99. The van der Waals surface area contributed by atoms with Crippen LogP contribution in [0.1, 0.15) is 43.4 Å². The topological polar surface area (TPSA) is 115 Å². The van der Waals surface area contributed by atoms with E-state index >= 15 is 0 Å². The number of aromatic amines is 1. The number of nitrogens with zero attached hydrogens (tertiary/aromatic N) is 2. The third-order valence-corrected chi connectivity index (χ3v) is 5.52. The molecule has 2 aromatic rings. The lowest BCUT2D eigenvalue weighted by Gasteiger charge is -2.07. The zero-order chi connectivity index (χ0) is 17.9.